The van der Waals surface area contributed by atoms with E-state index < -0.39 is 24.0 Å². The van der Waals surface area contributed by atoms with Gasteiger partial charge in [0.1, 0.15) is 12.1 Å². The largest absolute Gasteiger partial charge is 0.480 e. The van der Waals surface area contributed by atoms with E-state index in [1.807, 2.05) is 0 Å². The van der Waals surface area contributed by atoms with Gasteiger partial charge >= 0.3 is 11.9 Å². The summed E-state index contributed by atoms with van der Waals surface area (Å²) in [5.41, 5.74) is 21.2. The standard InChI is InChI=1S/C10H20N8O4/c11-5(7(19)20)3-15-9(12)17-18-10(13)16-4-1-6(8(21)22)14-2-4/h4-6,14H,1-3,11H2,(H,19,20)(H,21,22)(H3,12,15,17)(H3,13,16,18). The summed E-state index contributed by atoms with van der Waals surface area (Å²) in [6, 6.07) is -2.06. The fraction of sp³-hybridized carbons (Fsp3) is 0.600. The Balaban J connectivity index is 2.37. The topological polar surface area (TPSA) is 213 Å². The quantitative estimate of drug-likeness (QED) is 0.139. The minimum absolute atomic E-state index is 0.00137. The second-order valence-electron chi connectivity index (χ2n) is 4.62. The van der Waals surface area contributed by atoms with Gasteiger partial charge < -0.3 is 32.7 Å². The highest BCUT2D eigenvalue weighted by Gasteiger charge is 2.28. The lowest BCUT2D eigenvalue weighted by Gasteiger charge is -2.10. The lowest BCUT2D eigenvalue weighted by molar-refractivity contribution is -0.139. The summed E-state index contributed by atoms with van der Waals surface area (Å²) in [4.78, 5) is 29.0. The molecule has 12 nitrogen and oxygen atoms in total. The van der Waals surface area contributed by atoms with Crippen LogP contribution in [0.5, 0.6) is 0 Å². The third-order valence-corrected chi connectivity index (χ3v) is 2.82. The highest BCUT2D eigenvalue weighted by Crippen LogP contribution is 2.09. The Morgan fingerprint density at radius 3 is 2.45 bits per heavy atom. The second-order valence-corrected chi connectivity index (χ2v) is 4.62. The van der Waals surface area contributed by atoms with Gasteiger partial charge in [-0.2, -0.15) is 0 Å². The number of hydrogen-bond donors (Lipinski definition) is 8. The Hall–Kier alpha value is -2.60. The van der Waals surface area contributed by atoms with Crippen molar-refractivity contribution in [1.82, 2.24) is 16.2 Å². The van der Waals surface area contributed by atoms with E-state index in [1.165, 1.54) is 0 Å². The average molecular weight is 316 g/mol. The van der Waals surface area contributed by atoms with Crippen molar-refractivity contribution in [1.29, 1.82) is 0 Å². The number of hydrogen-bond acceptors (Lipinski definition) is 6. The summed E-state index contributed by atoms with van der Waals surface area (Å²) < 4.78 is 0. The molecule has 0 radical (unpaired) electrons. The maximum absolute atomic E-state index is 10.8. The van der Waals surface area contributed by atoms with E-state index in [1.54, 1.807) is 0 Å². The number of rotatable bonds is 5. The molecule has 124 valence electrons. The van der Waals surface area contributed by atoms with E-state index >= 15 is 0 Å². The van der Waals surface area contributed by atoms with E-state index in [-0.39, 0.29) is 24.5 Å². The van der Waals surface area contributed by atoms with Crippen LogP contribution in [0.15, 0.2) is 9.98 Å². The van der Waals surface area contributed by atoms with Gasteiger partial charge in [0.2, 0.25) is 11.9 Å². The molecule has 0 aromatic heterocycles. The molecule has 22 heavy (non-hydrogen) atoms. The Morgan fingerprint density at radius 1 is 1.27 bits per heavy atom. The van der Waals surface area contributed by atoms with Crippen molar-refractivity contribution in [2.45, 2.75) is 24.5 Å². The summed E-state index contributed by atoms with van der Waals surface area (Å²) in [5.74, 6) is -2.23. The number of guanidine groups is 2. The molecular weight excluding hydrogens is 296 g/mol. The van der Waals surface area contributed by atoms with Crippen molar-refractivity contribution in [2.24, 2.45) is 27.2 Å². The van der Waals surface area contributed by atoms with Gasteiger partial charge in [-0.3, -0.25) is 20.4 Å². The van der Waals surface area contributed by atoms with E-state index in [4.69, 9.17) is 27.4 Å². The van der Waals surface area contributed by atoms with Crippen molar-refractivity contribution >= 4 is 23.9 Å². The predicted molar refractivity (Wildman–Crippen MR) is 77.8 cm³/mol. The van der Waals surface area contributed by atoms with Crippen LogP contribution in [0, 0.1) is 0 Å². The molecule has 0 aromatic carbocycles. The first kappa shape index (κ1) is 17.5. The summed E-state index contributed by atoms with van der Waals surface area (Å²) in [6.07, 6.45) is 0.328. The van der Waals surface area contributed by atoms with Crippen molar-refractivity contribution in [3.05, 3.63) is 0 Å². The summed E-state index contributed by atoms with van der Waals surface area (Å²) in [6.45, 7) is 0.204. The summed E-state index contributed by atoms with van der Waals surface area (Å²) >= 11 is 0. The first-order valence-electron chi connectivity index (χ1n) is 6.39. The fourth-order valence-electron chi connectivity index (χ4n) is 1.67. The van der Waals surface area contributed by atoms with Crippen molar-refractivity contribution in [3.63, 3.8) is 0 Å². The van der Waals surface area contributed by atoms with Gasteiger partial charge in [-0.15, -0.1) is 0 Å². The minimum atomic E-state index is -1.19. The zero-order chi connectivity index (χ0) is 16.7. The second kappa shape index (κ2) is 7.99. The number of hydrazine groups is 1. The molecule has 1 rings (SSSR count). The Labute approximate surface area is 125 Å². The maximum atomic E-state index is 10.8. The summed E-state index contributed by atoms with van der Waals surface area (Å²) in [5, 5.41) is 20.2. The number of nitrogens with two attached hydrogens (primary N) is 3. The molecule has 0 aliphatic carbocycles. The molecule has 0 aromatic rings. The van der Waals surface area contributed by atoms with Crippen LogP contribution in [0.25, 0.3) is 0 Å². The van der Waals surface area contributed by atoms with Gasteiger partial charge in [0.05, 0.1) is 12.6 Å². The van der Waals surface area contributed by atoms with Gasteiger partial charge in [0.15, 0.2) is 0 Å². The van der Waals surface area contributed by atoms with Crippen LogP contribution < -0.4 is 33.4 Å². The van der Waals surface area contributed by atoms with Crippen LogP contribution in [0.2, 0.25) is 0 Å². The van der Waals surface area contributed by atoms with Crippen molar-refractivity contribution < 1.29 is 19.8 Å². The van der Waals surface area contributed by atoms with Gasteiger partial charge in [-0.05, 0) is 6.42 Å². The van der Waals surface area contributed by atoms with Crippen LogP contribution in [0.1, 0.15) is 6.42 Å². The van der Waals surface area contributed by atoms with Gasteiger partial charge in [-0.1, -0.05) is 0 Å². The molecule has 0 saturated carbocycles. The number of carboxylic acids is 2. The highest BCUT2D eigenvalue weighted by molar-refractivity contribution is 5.84. The highest BCUT2D eigenvalue weighted by atomic mass is 16.4. The monoisotopic (exact) mass is 316 g/mol. The molecule has 1 saturated heterocycles. The van der Waals surface area contributed by atoms with Crippen LogP contribution >= 0.6 is 0 Å². The number of aliphatic imine (C=N–C) groups is 2. The normalized spacial score (nSPS) is 23.9. The zero-order valence-corrected chi connectivity index (χ0v) is 11.7. The Morgan fingerprint density at radius 2 is 1.91 bits per heavy atom. The van der Waals surface area contributed by atoms with Crippen LogP contribution in [-0.2, 0) is 9.59 Å². The lowest BCUT2D eigenvalue weighted by atomic mass is 10.2. The summed E-state index contributed by atoms with van der Waals surface area (Å²) in [7, 11) is 0. The van der Waals surface area contributed by atoms with E-state index in [0.717, 1.165) is 0 Å². The number of carbonyl (C=O) groups is 2. The van der Waals surface area contributed by atoms with Gasteiger partial charge in [0, 0.05) is 6.54 Å². The maximum Gasteiger partial charge on any atom is 0.322 e. The molecule has 0 bridgehead atoms. The first-order valence-corrected chi connectivity index (χ1v) is 6.39. The van der Waals surface area contributed by atoms with Crippen LogP contribution in [0.3, 0.4) is 0 Å². The lowest BCUT2D eigenvalue weighted by Crippen LogP contribution is -2.49. The molecule has 11 N–H and O–H groups in total. The van der Waals surface area contributed by atoms with Crippen LogP contribution in [0.4, 0.5) is 0 Å². The van der Waals surface area contributed by atoms with E-state index in [9.17, 15) is 9.59 Å². The minimum Gasteiger partial charge on any atom is -0.480 e. The average Bonchev–Trinajstić information content (AvgIpc) is 2.91. The number of aliphatic carboxylic acids is 2. The number of nitrogens with one attached hydrogen (secondary N) is 3. The molecule has 1 aliphatic rings. The van der Waals surface area contributed by atoms with Gasteiger partial charge in [0.25, 0.3) is 0 Å². The van der Waals surface area contributed by atoms with Crippen molar-refractivity contribution in [3.8, 4) is 0 Å². The molecule has 0 amide bonds. The molecule has 12 heteroatoms. The van der Waals surface area contributed by atoms with Gasteiger partial charge in [-0.25, -0.2) is 9.98 Å². The molecule has 3 atom stereocenters. The number of carboxylic acid groups (broad SMARTS) is 2. The zero-order valence-electron chi connectivity index (χ0n) is 11.7. The molecule has 0 spiro atoms. The molecule has 1 aliphatic heterocycles. The fourth-order valence-corrected chi connectivity index (χ4v) is 1.67. The molecule has 1 heterocycles. The number of nitrogens with zero attached hydrogens (tertiary/aromatic N) is 2. The molecule has 3 unspecified atom stereocenters. The predicted octanol–water partition coefficient (Wildman–Crippen LogP) is -4.06. The van der Waals surface area contributed by atoms with Crippen molar-refractivity contribution in [2.75, 3.05) is 13.1 Å². The third kappa shape index (κ3) is 5.80. The Kier molecular flexibility index (Phi) is 6.34. The van der Waals surface area contributed by atoms with E-state index in [0.29, 0.717) is 13.0 Å². The molecule has 1 fully saturated rings. The van der Waals surface area contributed by atoms with E-state index in [2.05, 4.69) is 26.2 Å². The smallest absolute Gasteiger partial charge is 0.322 e. The molecular formula is C10H20N8O4. The third-order valence-electron chi connectivity index (χ3n) is 2.82. The van der Waals surface area contributed by atoms with Crippen LogP contribution in [-0.4, -0.2) is 65.3 Å². The SMILES string of the molecule is NC(=NCC(N)C(=O)O)NNC(N)=NC1CNC(C(=O)O)C1. The first-order chi connectivity index (χ1) is 10.3. The Bertz CT molecular complexity index is 480.